The lowest BCUT2D eigenvalue weighted by Gasteiger charge is -2.20. The van der Waals surface area contributed by atoms with E-state index in [9.17, 15) is 14.4 Å². The van der Waals surface area contributed by atoms with Crippen molar-refractivity contribution < 1.29 is 24.2 Å². The van der Waals surface area contributed by atoms with Crippen LogP contribution in [0, 0.1) is 11.8 Å². The van der Waals surface area contributed by atoms with Crippen LogP contribution in [0.3, 0.4) is 0 Å². The Bertz CT molecular complexity index is 371. The Balaban J connectivity index is 2.60. The molecule has 3 unspecified atom stereocenters. The fourth-order valence-electron chi connectivity index (χ4n) is 2.17. The van der Waals surface area contributed by atoms with Crippen molar-refractivity contribution in [1.82, 2.24) is 10.2 Å². The van der Waals surface area contributed by atoms with Crippen LogP contribution in [0.5, 0.6) is 0 Å². The van der Waals surface area contributed by atoms with Gasteiger partial charge in [-0.1, -0.05) is 13.8 Å². The van der Waals surface area contributed by atoms with E-state index in [1.54, 1.807) is 6.92 Å². The monoisotopic (exact) mass is 272 g/mol. The highest BCUT2D eigenvalue weighted by molar-refractivity contribution is 5.83. The third-order valence-corrected chi connectivity index (χ3v) is 3.41. The predicted octanol–water partition coefficient (Wildman–Crippen LogP) is 0.300. The van der Waals surface area contributed by atoms with Gasteiger partial charge in [0.15, 0.2) is 0 Å². The van der Waals surface area contributed by atoms with E-state index in [0.717, 1.165) is 0 Å². The first-order chi connectivity index (χ1) is 8.90. The van der Waals surface area contributed by atoms with Gasteiger partial charge in [0.05, 0.1) is 13.0 Å². The van der Waals surface area contributed by atoms with E-state index in [0.29, 0.717) is 13.0 Å². The summed E-state index contributed by atoms with van der Waals surface area (Å²) in [5.41, 5.74) is 0. The van der Waals surface area contributed by atoms with Crippen LogP contribution in [0.25, 0.3) is 0 Å². The topological polar surface area (TPSA) is 95.9 Å². The van der Waals surface area contributed by atoms with Gasteiger partial charge in [0.1, 0.15) is 6.04 Å². The minimum Gasteiger partial charge on any atom is -0.480 e. The van der Waals surface area contributed by atoms with Crippen LogP contribution in [-0.2, 0) is 14.3 Å². The van der Waals surface area contributed by atoms with Gasteiger partial charge in [-0.05, 0) is 12.3 Å². The lowest BCUT2D eigenvalue weighted by Crippen LogP contribution is -2.47. The summed E-state index contributed by atoms with van der Waals surface area (Å²) in [6, 6.07) is -1.35. The van der Waals surface area contributed by atoms with Crippen molar-refractivity contribution in [3.63, 3.8) is 0 Å². The molecule has 0 aromatic carbocycles. The van der Waals surface area contributed by atoms with Gasteiger partial charge in [0.25, 0.3) is 0 Å². The Morgan fingerprint density at radius 2 is 2.05 bits per heavy atom. The van der Waals surface area contributed by atoms with E-state index < -0.39 is 18.0 Å². The molecule has 7 heteroatoms. The number of nitrogens with one attached hydrogen (secondary N) is 1. The summed E-state index contributed by atoms with van der Waals surface area (Å²) in [6.45, 7) is 4.23. The molecule has 1 aliphatic rings. The first-order valence-corrected chi connectivity index (χ1v) is 6.26. The lowest BCUT2D eigenvalue weighted by atomic mass is 9.99. The Morgan fingerprint density at radius 3 is 2.53 bits per heavy atom. The molecule has 1 saturated heterocycles. The van der Waals surface area contributed by atoms with Crippen molar-refractivity contribution >= 4 is 18.0 Å². The number of esters is 1. The second kappa shape index (κ2) is 6.40. The summed E-state index contributed by atoms with van der Waals surface area (Å²) in [5.74, 6) is -1.75. The lowest BCUT2D eigenvalue weighted by molar-refractivity contribution is -0.146. The fraction of sp³-hybridized carbons (Fsp3) is 0.750. The molecule has 1 aliphatic heterocycles. The molecule has 0 aromatic rings. The maximum atomic E-state index is 11.9. The van der Waals surface area contributed by atoms with E-state index in [2.05, 4.69) is 10.1 Å². The zero-order chi connectivity index (χ0) is 14.6. The van der Waals surface area contributed by atoms with Gasteiger partial charge in [-0.3, -0.25) is 4.79 Å². The Hall–Kier alpha value is -1.79. The molecule has 1 heterocycles. The second-order valence-corrected chi connectivity index (χ2v) is 4.76. The van der Waals surface area contributed by atoms with E-state index in [1.807, 2.05) is 6.92 Å². The first kappa shape index (κ1) is 15.3. The number of hydrogen-bond donors (Lipinski definition) is 2. The largest absolute Gasteiger partial charge is 0.480 e. The van der Waals surface area contributed by atoms with Gasteiger partial charge < -0.3 is 20.1 Å². The SMILES string of the molecule is CCC(NC(=O)N1CC(C)C(C(=O)OC)C1)C(=O)O. The van der Waals surface area contributed by atoms with Crippen molar-refractivity contribution in [1.29, 1.82) is 0 Å². The first-order valence-electron chi connectivity index (χ1n) is 6.26. The number of ether oxygens (including phenoxy) is 1. The number of amides is 2. The van der Waals surface area contributed by atoms with Gasteiger partial charge in [-0.15, -0.1) is 0 Å². The van der Waals surface area contributed by atoms with Crippen LogP contribution >= 0.6 is 0 Å². The van der Waals surface area contributed by atoms with E-state index in [-0.39, 0.29) is 24.3 Å². The van der Waals surface area contributed by atoms with Gasteiger partial charge >= 0.3 is 18.0 Å². The number of methoxy groups -OCH3 is 1. The van der Waals surface area contributed by atoms with Crippen LogP contribution in [0.4, 0.5) is 4.79 Å². The molecule has 2 amide bonds. The quantitative estimate of drug-likeness (QED) is 0.718. The number of nitrogens with zero attached hydrogens (tertiary/aromatic N) is 1. The third-order valence-electron chi connectivity index (χ3n) is 3.41. The summed E-state index contributed by atoms with van der Waals surface area (Å²) in [5, 5.41) is 11.3. The molecule has 108 valence electrons. The molecule has 0 spiro atoms. The second-order valence-electron chi connectivity index (χ2n) is 4.76. The third kappa shape index (κ3) is 3.59. The molecule has 0 aliphatic carbocycles. The molecular weight excluding hydrogens is 252 g/mol. The number of hydrogen-bond acceptors (Lipinski definition) is 4. The van der Waals surface area contributed by atoms with Crippen molar-refractivity contribution in [2.24, 2.45) is 11.8 Å². The van der Waals surface area contributed by atoms with Crippen molar-refractivity contribution in [2.75, 3.05) is 20.2 Å². The highest BCUT2D eigenvalue weighted by Gasteiger charge is 2.38. The molecule has 1 fully saturated rings. The summed E-state index contributed by atoms with van der Waals surface area (Å²) in [4.78, 5) is 35.7. The van der Waals surface area contributed by atoms with Gasteiger partial charge in [-0.2, -0.15) is 0 Å². The molecule has 2 N–H and O–H groups in total. The van der Waals surface area contributed by atoms with Crippen LogP contribution in [0.1, 0.15) is 20.3 Å². The normalized spacial score (nSPS) is 23.8. The number of aliphatic carboxylic acids is 1. The number of carboxylic acid groups (broad SMARTS) is 1. The van der Waals surface area contributed by atoms with Crippen molar-refractivity contribution in [2.45, 2.75) is 26.3 Å². The van der Waals surface area contributed by atoms with Crippen LogP contribution < -0.4 is 5.32 Å². The average molecular weight is 272 g/mol. The van der Waals surface area contributed by atoms with Gasteiger partial charge in [-0.25, -0.2) is 9.59 Å². The van der Waals surface area contributed by atoms with E-state index in [1.165, 1.54) is 12.0 Å². The number of carbonyl (C=O) groups excluding carboxylic acids is 2. The van der Waals surface area contributed by atoms with Crippen LogP contribution in [0.15, 0.2) is 0 Å². The summed E-state index contributed by atoms with van der Waals surface area (Å²) >= 11 is 0. The van der Waals surface area contributed by atoms with E-state index >= 15 is 0 Å². The Labute approximate surface area is 111 Å². The van der Waals surface area contributed by atoms with E-state index in [4.69, 9.17) is 5.11 Å². The summed E-state index contributed by atoms with van der Waals surface area (Å²) in [6.07, 6.45) is 0.310. The summed E-state index contributed by atoms with van der Waals surface area (Å²) < 4.78 is 4.68. The number of carboxylic acids is 1. The molecule has 0 saturated carbocycles. The molecule has 7 nitrogen and oxygen atoms in total. The smallest absolute Gasteiger partial charge is 0.326 e. The predicted molar refractivity (Wildman–Crippen MR) is 66.5 cm³/mol. The van der Waals surface area contributed by atoms with Gasteiger partial charge in [0, 0.05) is 13.1 Å². The number of carbonyl (C=O) groups is 3. The van der Waals surface area contributed by atoms with Crippen LogP contribution in [-0.4, -0.2) is 54.2 Å². The molecule has 19 heavy (non-hydrogen) atoms. The summed E-state index contributed by atoms with van der Waals surface area (Å²) in [7, 11) is 1.31. The minimum absolute atomic E-state index is 0.00287. The maximum absolute atomic E-state index is 11.9. The number of likely N-dealkylation sites (tertiary alicyclic amines) is 1. The zero-order valence-electron chi connectivity index (χ0n) is 11.4. The Morgan fingerprint density at radius 1 is 1.42 bits per heavy atom. The van der Waals surface area contributed by atoms with Crippen LogP contribution in [0.2, 0.25) is 0 Å². The molecule has 1 rings (SSSR count). The molecule has 0 aromatic heterocycles. The van der Waals surface area contributed by atoms with Crippen molar-refractivity contribution in [3.05, 3.63) is 0 Å². The number of urea groups is 1. The molecule has 3 atom stereocenters. The molecular formula is C12H20N2O5. The Kier molecular flexibility index (Phi) is 5.14. The number of rotatable bonds is 4. The fourth-order valence-corrected chi connectivity index (χ4v) is 2.17. The van der Waals surface area contributed by atoms with Crippen molar-refractivity contribution in [3.8, 4) is 0 Å². The molecule has 0 radical (unpaired) electrons. The molecule has 0 bridgehead atoms. The minimum atomic E-state index is -1.06. The van der Waals surface area contributed by atoms with Gasteiger partial charge in [0.2, 0.25) is 0 Å². The maximum Gasteiger partial charge on any atom is 0.326 e. The highest BCUT2D eigenvalue weighted by atomic mass is 16.5. The standard InChI is InChI=1S/C12H20N2O5/c1-4-9(10(15)16)13-12(18)14-5-7(2)8(6-14)11(17)19-3/h7-9H,4-6H2,1-3H3,(H,13,18)(H,15,16). The highest BCUT2D eigenvalue weighted by Crippen LogP contribution is 2.24. The average Bonchev–Trinajstić information content (AvgIpc) is 2.76. The zero-order valence-corrected chi connectivity index (χ0v) is 11.4.